The van der Waals surface area contributed by atoms with Gasteiger partial charge in [0.2, 0.25) is 0 Å². The number of Topliss-reactive ketones (excluding diaryl/α,β-unsaturated/α-hetero) is 1. The third-order valence-electron chi connectivity index (χ3n) is 1.84. The molecule has 3 N–H and O–H groups in total. The van der Waals surface area contributed by atoms with Gasteiger partial charge >= 0.3 is 0 Å². The average molecular weight is 190 g/mol. The summed E-state index contributed by atoms with van der Waals surface area (Å²) in [6.07, 6.45) is 1.37. The van der Waals surface area contributed by atoms with Crippen molar-refractivity contribution in [1.82, 2.24) is 0 Å². The van der Waals surface area contributed by atoms with Crippen LogP contribution in [0.1, 0.15) is 32.1 Å². The Bertz CT molecular complexity index is 136. The van der Waals surface area contributed by atoms with Crippen LogP contribution in [0.15, 0.2) is 0 Å². The van der Waals surface area contributed by atoms with Crippen LogP contribution in [0.4, 0.5) is 0 Å². The first-order valence-corrected chi connectivity index (χ1v) is 4.65. The Morgan fingerprint density at radius 1 is 1.08 bits per heavy atom. The predicted octanol–water partition coefficient (Wildman–Crippen LogP) is -0.148. The molecular formula is C9H18O4. The van der Waals surface area contributed by atoms with Gasteiger partial charge in [0.05, 0.1) is 0 Å². The largest absolute Gasteiger partial charge is 0.396 e. The van der Waals surface area contributed by atoms with Crippen LogP contribution in [-0.4, -0.2) is 40.4 Å². The molecule has 0 heterocycles. The molecule has 0 spiro atoms. The summed E-state index contributed by atoms with van der Waals surface area (Å²) >= 11 is 0. The van der Waals surface area contributed by atoms with E-state index in [1.54, 1.807) is 0 Å². The maximum Gasteiger partial charge on any atom is 0.161 e. The summed E-state index contributed by atoms with van der Waals surface area (Å²) in [5, 5.41) is 26.1. The molecule has 0 amide bonds. The average Bonchev–Trinajstić information content (AvgIpc) is 2.14. The van der Waals surface area contributed by atoms with Gasteiger partial charge in [0, 0.05) is 19.6 Å². The minimum Gasteiger partial charge on any atom is -0.396 e. The van der Waals surface area contributed by atoms with Gasteiger partial charge in [0.15, 0.2) is 5.78 Å². The van der Waals surface area contributed by atoms with Gasteiger partial charge in [-0.1, -0.05) is 0 Å². The summed E-state index contributed by atoms with van der Waals surface area (Å²) < 4.78 is 0. The van der Waals surface area contributed by atoms with Crippen LogP contribution in [0.2, 0.25) is 0 Å². The van der Waals surface area contributed by atoms with Crippen molar-refractivity contribution >= 4 is 5.78 Å². The third-order valence-corrected chi connectivity index (χ3v) is 1.84. The molecule has 0 aromatic carbocycles. The number of carbonyl (C=O) groups excluding carboxylic acids is 1. The van der Waals surface area contributed by atoms with E-state index in [0.717, 1.165) is 0 Å². The van der Waals surface area contributed by atoms with E-state index in [-0.39, 0.29) is 19.0 Å². The van der Waals surface area contributed by atoms with Crippen molar-refractivity contribution in [3.63, 3.8) is 0 Å². The molecule has 13 heavy (non-hydrogen) atoms. The highest BCUT2D eigenvalue weighted by atomic mass is 16.3. The number of aliphatic hydroxyl groups is 3. The van der Waals surface area contributed by atoms with Crippen LogP contribution in [0.3, 0.4) is 0 Å². The van der Waals surface area contributed by atoms with Gasteiger partial charge in [-0.3, -0.25) is 4.79 Å². The summed E-state index contributed by atoms with van der Waals surface area (Å²) in [6.45, 7) is 0.0843. The van der Waals surface area contributed by atoms with Crippen molar-refractivity contribution in [2.75, 3.05) is 13.2 Å². The summed E-state index contributed by atoms with van der Waals surface area (Å²) in [5.41, 5.74) is 0. The van der Waals surface area contributed by atoms with Crippen LogP contribution >= 0.6 is 0 Å². The van der Waals surface area contributed by atoms with E-state index in [1.165, 1.54) is 0 Å². The molecule has 4 nitrogen and oxygen atoms in total. The summed E-state index contributed by atoms with van der Waals surface area (Å²) in [5.74, 6) is -0.193. The van der Waals surface area contributed by atoms with Crippen LogP contribution in [-0.2, 0) is 4.79 Å². The topological polar surface area (TPSA) is 77.8 Å². The molecule has 0 radical (unpaired) electrons. The molecule has 1 atom stereocenters. The Labute approximate surface area is 78.2 Å². The molecule has 78 valence electrons. The quantitative estimate of drug-likeness (QED) is 0.465. The van der Waals surface area contributed by atoms with E-state index >= 15 is 0 Å². The molecule has 1 unspecified atom stereocenters. The molecule has 0 aromatic rings. The van der Waals surface area contributed by atoms with E-state index in [0.29, 0.717) is 32.1 Å². The molecule has 0 saturated heterocycles. The van der Waals surface area contributed by atoms with E-state index in [9.17, 15) is 9.90 Å². The lowest BCUT2D eigenvalue weighted by Gasteiger charge is -2.07. The number of carbonyl (C=O) groups is 1. The Balaban J connectivity index is 3.45. The summed E-state index contributed by atoms with van der Waals surface area (Å²) in [6, 6.07) is 0. The summed E-state index contributed by atoms with van der Waals surface area (Å²) in [7, 11) is 0. The highest BCUT2D eigenvalue weighted by Crippen LogP contribution is 2.04. The Morgan fingerprint density at radius 2 is 1.69 bits per heavy atom. The van der Waals surface area contributed by atoms with Crippen molar-refractivity contribution in [3.8, 4) is 0 Å². The zero-order valence-electron chi connectivity index (χ0n) is 7.78. The molecule has 0 aromatic heterocycles. The van der Waals surface area contributed by atoms with Gasteiger partial charge in [-0.05, 0) is 25.7 Å². The maximum atomic E-state index is 11.1. The Kier molecular flexibility index (Phi) is 7.88. The zero-order valence-corrected chi connectivity index (χ0v) is 7.78. The van der Waals surface area contributed by atoms with E-state index in [4.69, 9.17) is 10.2 Å². The molecule has 0 aliphatic rings. The van der Waals surface area contributed by atoms with E-state index in [2.05, 4.69) is 0 Å². The van der Waals surface area contributed by atoms with Gasteiger partial charge in [-0.15, -0.1) is 0 Å². The molecular weight excluding hydrogens is 172 g/mol. The van der Waals surface area contributed by atoms with Gasteiger partial charge in [-0.2, -0.15) is 0 Å². The minimum atomic E-state index is -0.939. The normalized spacial score (nSPS) is 12.8. The highest BCUT2D eigenvalue weighted by Gasteiger charge is 2.13. The van der Waals surface area contributed by atoms with Crippen molar-refractivity contribution in [3.05, 3.63) is 0 Å². The van der Waals surface area contributed by atoms with Crippen molar-refractivity contribution in [2.24, 2.45) is 0 Å². The lowest BCUT2D eigenvalue weighted by Crippen LogP contribution is -2.20. The fourth-order valence-corrected chi connectivity index (χ4v) is 1.02. The minimum absolute atomic E-state index is 0.000972. The smallest absolute Gasteiger partial charge is 0.161 e. The predicted molar refractivity (Wildman–Crippen MR) is 48.3 cm³/mol. The van der Waals surface area contributed by atoms with Gasteiger partial charge in [-0.25, -0.2) is 0 Å². The Hall–Kier alpha value is -0.450. The SMILES string of the molecule is O=C(CCCCO)C(O)CCCO. The summed E-state index contributed by atoms with van der Waals surface area (Å²) in [4.78, 5) is 11.1. The number of hydrogen-bond donors (Lipinski definition) is 3. The van der Waals surface area contributed by atoms with Crippen LogP contribution in [0, 0.1) is 0 Å². The lowest BCUT2D eigenvalue weighted by atomic mass is 10.1. The first-order chi connectivity index (χ1) is 6.22. The fraction of sp³-hybridized carbons (Fsp3) is 0.889. The van der Waals surface area contributed by atoms with Crippen LogP contribution < -0.4 is 0 Å². The first-order valence-electron chi connectivity index (χ1n) is 4.65. The zero-order chi connectivity index (χ0) is 10.1. The maximum absolute atomic E-state index is 11.1. The molecule has 0 aliphatic heterocycles. The van der Waals surface area contributed by atoms with E-state index in [1.807, 2.05) is 0 Å². The molecule has 0 bridgehead atoms. The molecule has 0 fully saturated rings. The molecule has 0 saturated carbocycles. The number of ketones is 1. The first kappa shape index (κ1) is 12.6. The van der Waals surface area contributed by atoms with Crippen molar-refractivity contribution < 1.29 is 20.1 Å². The lowest BCUT2D eigenvalue weighted by molar-refractivity contribution is -0.127. The van der Waals surface area contributed by atoms with Crippen LogP contribution in [0.5, 0.6) is 0 Å². The third kappa shape index (κ3) is 6.69. The standard InChI is InChI=1S/C9H18O4/c10-6-2-1-4-8(12)9(13)5-3-7-11/h9-11,13H,1-7H2. The van der Waals surface area contributed by atoms with Gasteiger partial charge in [0.25, 0.3) is 0 Å². The van der Waals surface area contributed by atoms with Crippen molar-refractivity contribution in [2.45, 2.75) is 38.2 Å². The molecule has 4 heteroatoms. The number of aliphatic hydroxyl groups excluding tert-OH is 3. The number of rotatable bonds is 8. The fourth-order valence-electron chi connectivity index (χ4n) is 1.02. The monoisotopic (exact) mass is 190 g/mol. The van der Waals surface area contributed by atoms with Gasteiger partial charge in [0.1, 0.15) is 6.10 Å². The highest BCUT2D eigenvalue weighted by molar-refractivity contribution is 5.82. The van der Waals surface area contributed by atoms with E-state index < -0.39 is 6.10 Å². The second kappa shape index (κ2) is 8.16. The Morgan fingerprint density at radius 3 is 2.23 bits per heavy atom. The second-order valence-electron chi connectivity index (χ2n) is 3.03. The van der Waals surface area contributed by atoms with Crippen LogP contribution in [0.25, 0.3) is 0 Å². The number of hydrogen-bond acceptors (Lipinski definition) is 4. The van der Waals surface area contributed by atoms with Gasteiger partial charge < -0.3 is 15.3 Å². The van der Waals surface area contributed by atoms with Crippen molar-refractivity contribution in [1.29, 1.82) is 0 Å². The number of unbranched alkanes of at least 4 members (excludes halogenated alkanes) is 1. The molecule has 0 aliphatic carbocycles. The second-order valence-corrected chi connectivity index (χ2v) is 3.03. The molecule has 0 rings (SSSR count).